The number of amides is 1. The van der Waals surface area contributed by atoms with Gasteiger partial charge >= 0.3 is 0 Å². The highest BCUT2D eigenvalue weighted by Gasteiger charge is 2.55. The summed E-state index contributed by atoms with van der Waals surface area (Å²) in [6.07, 6.45) is 7.71. The van der Waals surface area contributed by atoms with Gasteiger partial charge in [0.2, 0.25) is 5.91 Å². The summed E-state index contributed by atoms with van der Waals surface area (Å²) in [5, 5.41) is 20.5. The molecular formula is C32H43N5O2. The average Bonchev–Trinajstić information content (AvgIpc) is 3.43. The number of benzene rings is 1. The highest BCUT2D eigenvalue weighted by atomic mass is 16.3. The van der Waals surface area contributed by atoms with Gasteiger partial charge in [0.15, 0.2) is 0 Å². The first-order chi connectivity index (χ1) is 18.7. The predicted molar refractivity (Wildman–Crippen MR) is 154 cm³/mol. The van der Waals surface area contributed by atoms with E-state index in [0.717, 1.165) is 79.9 Å². The highest BCUT2D eigenvalue weighted by Crippen LogP contribution is 2.50. The maximum absolute atomic E-state index is 12.6. The lowest BCUT2D eigenvalue weighted by molar-refractivity contribution is -0.129. The van der Waals surface area contributed by atoms with Crippen LogP contribution in [0.1, 0.15) is 87.6 Å². The van der Waals surface area contributed by atoms with E-state index >= 15 is 0 Å². The van der Waals surface area contributed by atoms with E-state index in [1.807, 2.05) is 17.3 Å². The van der Waals surface area contributed by atoms with Crippen LogP contribution in [-0.2, 0) is 10.4 Å². The summed E-state index contributed by atoms with van der Waals surface area (Å²) in [5.74, 6) is 1.03. The van der Waals surface area contributed by atoms with Gasteiger partial charge in [-0.25, -0.2) is 0 Å². The lowest BCUT2D eigenvalue weighted by atomic mass is 9.62. The number of aromatic nitrogens is 3. The molecule has 7 heteroatoms. The smallest absolute Gasteiger partial charge is 0.219 e. The van der Waals surface area contributed by atoms with Crippen molar-refractivity contribution in [1.29, 1.82) is 0 Å². The number of nitrogens with zero attached hydrogens (tertiary/aromatic N) is 4. The standard InChI is InChI=1S/C32H43N5O2/c1-6-23(7-2)24-8-10-27(11-9-24)32(39,31(4)20-36(5)21-31)28-16-26(18-33-19-28)30-17-29(34-35-30)25-12-14-37(15-13-25)22(3)38/h8-11,16-19,23,25,39H,6-7,12-15,20-21H2,1-5H3,(H,34,35). The molecule has 1 unspecified atom stereocenters. The molecule has 7 nitrogen and oxygen atoms in total. The second-order valence-electron chi connectivity index (χ2n) is 12.0. The monoisotopic (exact) mass is 529 g/mol. The second kappa shape index (κ2) is 10.9. The molecular weight excluding hydrogens is 486 g/mol. The van der Waals surface area contributed by atoms with E-state index in [0.29, 0.717) is 11.8 Å². The van der Waals surface area contributed by atoms with E-state index in [1.54, 1.807) is 6.92 Å². The number of hydrogen-bond donors (Lipinski definition) is 2. The quantitative estimate of drug-likeness (QED) is 0.414. The minimum Gasteiger partial charge on any atom is -0.380 e. The minimum atomic E-state index is -1.19. The SMILES string of the molecule is CCC(CC)c1ccc(C(O)(c2cncc(-c3cc(C4CCN(C(C)=O)CC4)[nH]n3)c2)C2(C)CN(C)C2)cc1. The zero-order valence-electron chi connectivity index (χ0n) is 24.1. The van der Waals surface area contributed by atoms with Gasteiger partial charge in [-0.3, -0.25) is 14.9 Å². The summed E-state index contributed by atoms with van der Waals surface area (Å²) in [5.41, 5.74) is 4.31. The molecule has 2 aromatic heterocycles. The Balaban J connectivity index is 1.46. The van der Waals surface area contributed by atoms with Crippen LogP contribution in [0.3, 0.4) is 0 Å². The molecule has 0 spiro atoms. The van der Waals surface area contributed by atoms with Gasteiger partial charge in [0.05, 0.1) is 5.69 Å². The topological polar surface area (TPSA) is 85.3 Å². The van der Waals surface area contributed by atoms with E-state index in [2.05, 4.69) is 84.3 Å². The molecule has 0 radical (unpaired) electrons. The van der Waals surface area contributed by atoms with Gasteiger partial charge in [-0.05, 0) is 61.9 Å². The minimum absolute atomic E-state index is 0.144. The Morgan fingerprint density at radius 2 is 1.77 bits per heavy atom. The summed E-state index contributed by atoms with van der Waals surface area (Å²) in [6.45, 7) is 11.4. The summed E-state index contributed by atoms with van der Waals surface area (Å²) in [4.78, 5) is 20.5. The number of carbonyl (C=O) groups is 1. The molecule has 0 saturated carbocycles. The second-order valence-corrected chi connectivity index (χ2v) is 12.0. The average molecular weight is 530 g/mol. The van der Waals surface area contributed by atoms with Crippen LogP contribution in [0, 0.1) is 5.41 Å². The lowest BCUT2D eigenvalue weighted by Gasteiger charge is -2.55. The summed E-state index contributed by atoms with van der Waals surface area (Å²) >= 11 is 0. The van der Waals surface area contributed by atoms with E-state index in [9.17, 15) is 9.90 Å². The number of pyridine rings is 1. The molecule has 2 saturated heterocycles. The Morgan fingerprint density at radius 1 is 1.10 bits per heavy atom. The van der Waals surface area contributed by atoms with E-state index < -0.39 is 5.60 Å². The zero-order chi connectivity index (χ0) is 27.8. The van der Waals surface area contributed by atoms with E-state index in [-0.39, 0.29) is 11.3 Å². The maximum atomic E-state index is 12.6. The number of hydrogen-bond acceptors (Lipinski definition) is 5. The zero-order valence-corrected chi connectivity index (χ0v) is 24.1. The fourth-order valence-corrected chi connectivity index (χ4v) is 6.97. The van der Waals surface area contributed by atoms with Crippen molar-refractivity contribution in [2.24, 2.45) is 5.41 Å². The Morgan fingerprint density at radius 3 is 2.36 bits per heavy atom. The number of H-pyrrole nitrogens is 1. The molecule has 2 fully saturated rings. The molecule has 5 rings (SSSR count). The molecule has 1 aromatic carbocycles. The van der Waals surface area contributed by atoms with Crippen LogP contribution in [0.2, 0.25) is 0 Å². The lowest BCUT2D eigenvalue weighted by Crippen LogP contribution is -2.63. The molecule has 1 atom stereocenters. The van der Waals surface area contributed by atoms with Gasteiger partial charge in [-0.1, -0.05) is 45.0 Å². The van der Waals surface area contributed by atoms with E-state index in [4.69, 9.17) is 0 Å². The third-order valence-electron chi connectivity index (χ3n) is 9.33. The molecule has 3 aromatic rings. The van der Waals surface area contributed by atoms with Crippen LogP contribution < -0.4 is 0 Å². The maximum Gasteiger partial charge on any atom is 0.219 e. The Labute approximate surface area is 232 Å². The van der Waals surface area contributed by atoms with Crippen LogP contribution in [0.5, 0.6) is 0 Å². The van der Waals surface area contributed by atoms with Crippen molar-refractivity contribution < 1.29 is 9.90 Å². The van der Waals surface area contributed by atoms with Crippen molar-refractivity contribution in [3.8, 4) is 11.3 Å². The molecule has 0 aliphatic carbocycles. The fraction of sp³-hybridized carbons (Fsp3) is 0.531. The first-order valence-corrected chi connectivity index (χ1v) is 14.5. The first kappa shape index (κ1) is 27.5. The van der Waals surface area contributed by atoms with Gasteiger partial charge < -0.3 is 14.9 Å². The van der Waals surface area contributed by atoms with Gasteiger partial charge in [0.25, 0.3) is 0 Å². The van der Waals surface area contributed by atoms with Gasteiger partial charge in [-0.2, -0.15) is 5.10 Å². The van der Waals surface area contributed by atoms with Crippen LogP contribution in [0.25, 0.3) is 11.3 Å². The van der Waals surface area contributed by atoms with Crippen molar-refractivity contribution in [3.05, 3.63) is 71.2 Å². The molecule has 39 heavy (non-hydrogen) atoms. The van der Waals surface area contributed by atoms with Crippen LogP contribution in [0.15, 0.2) is 48.8 Å². The largest absolute Gasteiger partial charge is 0.380 e. The molecule has 4 heterocycles. The molecule has 208 valence electrons. The van der Waals surface area contributed by atoms with Crippen molar-refractivity contribution in [2.75, 3.05) is 33.2 Å². The molecule has 0 bridgehead atoms. The Hall–Kier alpha value is -3.03. The number of aliphatic hydroxyl groups is 1. The fourth-order valence-electron chi connectivity index (χ4n) is 6.97. The van der Waals surface area contributed by atoms with Crippen molar-refractivity contribution in [3.63, 3.8) is 0 Å². The normalized spacial score (nSPS) is 19.6. The van der Waals surface area contributed by atoms with Crippen molar-refractivity contribution in [2.45, 2.75) is 70.8 Å². The third kappa shape index (κ3) is 5.03. The Kier molecular flexibility index (Phi) is 7.66. The molecule has 2 N–H and O–H groups in total. The Bertz CT molecular complexity index is 1280. The summed E-state index contributed by atoms with van der Waals surface area (Å²) in [7, 11) is 2.10. The highest BCUT2D eigenvalue weighted by molar-refractivity contribution is 5.73. The molecule has 2 aliphatic heterocycles. The number of likely N-dealkylation sites (tertiary alicyclic amines) is 2. The number of piperidine rings is 1. The van der Waals surface area contributed by atoms with Gasteiger partial charge in [-0.15, -0.1) is 0 Å². The van der Waals surface area contributed by atoms with Crippen molar-refractivity contribution in [1.82, 2.24) is 25.0 Å². The summed E-state index contributed by atoms with van der Waals surface area (Å²) in [6, 6.07) is 12.8. The third-order valence-corrected chi connectivity index (χ3v) is 9.33. The van der Waals surface area contributed by atoms with Crippen molar-refractivity contribution >= 4 is 5.91 Å². The van der Waals surface area contributed by atoms with Gasteiger partial charge in [0, 0.05) is 73.7 Å². The van der Waals surface area contributed by atoms with E-state index in [1.165, 1.54) is 5.56 Å². The molecule has 2 aliphatic rings. The van der Waals surface area contributed by atoms with Crippen LogP contribution in [0.4, 0.5) is 0 Å². The van der Waals surface area contributed by atoms with Crippen LogP contribution in [-0.4, -0.2) is 69.2 Å². The number of nitrogens with one attached hydrogen (secondary N) is 1. The van der Waals surface area contributed by atoms with Gasteiger partial charge in [0.1, 0.15) is 5.60 Å². The summed E-state index contributed by atoms with van der Waals surface area (Å²) < 4.78 is 0. The number of aromatic amines is 1. The predicted octanol–water partition coefficient (Wildman–Crippen LogP) is 5.29. The first-order valence-electron chi connectivity index (χ1n) is 14.5. The van der Waals surface area contributed by atoms with Crippen LogP contribution >= 0.6 is 0 Å². The number of rotatable bonds is 8. The molecule has 1 amide bonds. The number of carbonyl (C=O) groups excluding carboxylic acids is 1.